The second kappa shape index (κ2) is 3.82. The molecule has 0 unspecified atom stereocenters. The molecule has 0 aromatic rings. The van der Waals surface area contributed by atoms with Gasteiger partial charge < -0.3 is 4.74 Å². The zero-order valence-corrected chi connectivity index (χ0v) is 10.1. The summed E-state index contributed by atoms with van der Waals surface area (Å²) in [7, 11) is -1.16. The molecule has 2 nitrogen and oxygen atoms in total. The molecule has 0 saturated carbocycles. The number of rotatable bonds is 1. The van der Waals surface area contributed by atoms with Crippen LogP contribution in [0.25, 0.3) is 0 Å². The molecule has 2 atom stereocenters. The van der Waals surface area contributed by atoms with Crippen molar-refractivity contribution in [3.63, 3.8) is 0 Å². The Morgan fingerprint density at radius 1 is 1.31 bits per heavy atom. The van der Waals surface area contributed by atoms with Crippen LogP contribution >= 0.6 is 0 Å². The zero-order valence-electron chi connectivity index (χ0n) is 9.09. The highest BCUT2D eigenvalue weighted by molar-refractivity contribution is 6.77. The van der Waals surface area contributed by atoms with E-state index in [-0.39, 0.29) is 12.1 Å². The molecule has 0 radical (unpaired) electrons. The quantitative estimate of drug-likeness (QED) is 0.480. The van der Waals surface area contributed by atoms with Crippen LogP contribution in [0.2, 0.25) is 25.2 Å². The molecule has 1 fully saturated rings. The molecule has 13 heavy (non-hydrogen) atoms. The summed E-state index contributed by atoms with van der Waals surface area (Å²) >= 11 is 0. The van der Waals surface area contributed by atoms with Crippen molar-refractivity contribution in [3.8, 4) is 0 Å². The van der Waals surface area contributed by atoms with Crippen LogP contribution in [0.5, 0.6) is 0 Å². The lowest BCUT2D eigenvalue weighted by Crippen LogP contribution is -2.29. The SMILES string of the molecule is C[C@@H]1CC[C@@H]([Si](C)(C)C)CC(=O)O1. The lowest BCUT2D eigenvalue weighted by Gasteiger charge is -2.26. The van der Waals surface area contributed by atoms with Gasteiger partial charge in [0, 0.05) is 14.5 Å². The molecule has 3 heteroatoms. The first-order valence-corrected chi connectivity index (χ1v) is 8.67. The minimum absolute atomic E-state index is 0.0115. The van der Waals surface area contributed by atoms with E-state index >= 15 is 0 Å². The summed E-state index contributed by atoms with van der Waals surface area (Å²) in [5.74, 6) is 0.0115. The van der Waals surface area contributed by atoms with Crippen molar-refractivity contribution >= 4 is 14.0 Å². The van der Waals surface area contributed by atoms with Crippen molar-refractivity contribution in [2.75, 3.05) is 0 Å². The number of hydrogen-bond donors (Lipinski definition) is 0. The molecule has 76 valence electrons. The van der Waals surface area contributed by atoms with Gasteiger partial charge in [0.2, 0.25) is 0 Å². The van der Waals surface area contributed by atoms with Gasteiger partial charge in [-0.1, -0.05) is 19.6 Å². The molecule has 0 bridgehead atoms. The Hall–Kier alpha value is -0.313. The van der Waals surface area contributed by atoms with E-state index in [9.17, 15) is 4.79 Å². The Bertz CT molecular complexity index is 196. The highest BCUT2D eigenvalue weighted by atomic mass is 28.3. The molecular weight excluding hydrogens is 180 g/mol. The third kappa shape index (κ3) is 3.14. The Kier molecular flexibility index (Phi) is 3.17. The van der Waals surface area contributed by atoms with Gasteiger partial charge in [-0.2, -0.15) is 0 Å². The predicted molar refractivity (Wildman–Crippen MR) is 56.5 cm³/mol. The van der Waals surface area contributed by atoms with E-state index in [0.29, 0.717) is 12.0 Å². The fourth-order valence-corrected chi connectivity index (χ4v) is 3.62. The van der Waals surface area contributed by atoms with E-state index in [2.05, 4.69) is 19.6 Å². The zero-order chi connectivity index (χ0) is 10.1. The Labute approximate surface area is 81.7 Å². The summed E-state index contributed by atoms with van der Waals surface area (Å²) < 4.78 is 5.22. The third-order valence-corrected chi connectivity index (χ3v) is 5.83. The van der Waals surface area contributed by atoms with Gasteiger partial charge in [0.05, 0.1) is 6.10 Å². The lowest BCUT2D eigenvalue weighted by molar-refractivity contribution is -0.147. The van der Waals surface area contributed by atoms with Crippen LogP contribution in [0.3, 0.4) is 0 Å². The molecule has 0 N–H and O–H groups in total. The van der Waals surface area contributed by atoms with Gasteiger partial charge in [0.15, 0.2) is 0 Å². The smallest absolute Gasteiger partial charge is 0.306 e. The molecule has 0 aromatic carbocycles. The van der Waals surface area contributed by atoms with Gasteiger partial charge in [-0.25, -0.2) is 0 Å². The van der Waals surface area contributed by atoms with Crippen LogP contribution in [0, 0.1) is 0 Å². The highest BCUT2D eigenvalue weighted by Crippen LogP contribution is 2.33. The molecular formula is C10H20O2Si. The van der Waals surface area contributed by atoms with Gasteiger partial charge in [-0.15, -0.1) is 0 Å². The van der Waals surface area contributed by atoms with E-state index in [1.54, 1.807) is 0 Å². The summed E-state index contributed by atoms with van der Waals surface area (Å²) in [6.07, 6.45) is 3.00. The van der Waals surface area contributed by atoms with Gasteiger partial charge >= 0.3 is 5.97 Å². The third-order valence-electron chi connectivity index (χ3n) is 2.89. The number of esters is 1. The number of cyclic esters (lactones) is 1. The molecule has 1 rings (SSSR count). The molecule has 0 aliphatic carbocycles. The van der Waals surface area contributed by atoms with E-state index in [4.69, 9.17) is 4.74 Å². The van der Waals surface area contributed by atoms with Crippen molar-refractivity contribution < 1.29 is 9.53 Å². The van der Waals surface area contributed by atoms with Crippen LogP contribution in [-0.4, -0.2) is 20.1 Å². The average molecular weight is 200 g/mol. The number of ether oxygens (including phenoxy) is 1. The molecule has 0 amide bonds. The Morgan fingerprint density at radius 2 is 1.92 bits per heavy atom. The summed E-state index contributed by atoms with van der Waals surface area (Å²) in [5.41, 5.74) is 0.616. The topological polar surface area (TPSA) is 26.3 Å². The van der Waals surface area contributed by atoms with Gasteiger partial charge in [-0.3, -0.25) is 4.79 Å². The second-order valence-electron chi connectivity index (χ2n) is 5.14. The fraction of sp³-hybridized carbons (Fsp3) is 0.900. The number of hydrogen-bond acceptors (Lipinski definition) is 2. The second-order valence-corrected chi connectivity index (χ2v) is 10.7. The predicted octanol–water partition coefficient (Wildman–Crippen LogP) is 2.81. The maximum atomic E-state index is 11.4. The fourth-order valence-electron chi connectivity index (χ4n) is 1.81. The van der Waals surface area contributed by atoms with Crippen LogP contribution < -0.4 is 0 Å². The molecule has 1 aliphatic rings. The number of carbonyl (C=O) groups is 1. The van der Waals surface area contributed by atoms with Crippen molar-refractivity contribution in [2.24, 2.45) is 0 Å². The van der Waals surface area contributed by atoms with Crippen molar-refractivity contribution in [3.05, 3.63) is 0 Å². The monoisotopic (exact) mass is 200 g/mol. The molecule has 1 heterocycles. The molecule has 0 spiro atoms. The van der Waals surface area contributed by atoms with E-state index < -0.39 is 8.07 Å². The summed E-state index contributed by atoms with van der Waals surface area (Å²) in [6, 6.07) is 0. The van der Waals surface area contributed by atoms with E-state index in [0.717, 1.165) is 6.42 Å². The van der Waals surface area contributed by atoms with Crippen LogP contribution in [-0.2, 0) is 9.53 Å². The number of carbonyl (C=O) groups excluding carboxylic acids is 1. The van der Waals surface area contributed by atoms with E-state index in [1.165, 1.54) is 6.42 Å². The highest BCUT2D eigenvalue weighted by Gasteiger charge is 2.32. The standard InChI is InChI=1S/C10H20O2Si/c1-8-5-6-9(13(2,3)4)7-10(11)12-8/h8-9H,5-7H2,1-4H3/t8-,9-/m1/s1. The maximum absolute atomic E-state index is 11.4. The normalized spacial score (nSPS) is 30.9. The van der Waals surface area contributed by atoms with Crippen LogP contribution in [0.1, 0.15) is 26.2 Å². The minimum Gasteiger partial charge on any atom is -0.463 e. The first kappa shape index (κ1) is 10.8. The van der Waals surface area contributed by atoms with Crippen LogP contribution in [0.15, 0.2) is 0 Å². The van der Waals surface area contributed by atoms with Crippen molar-refractivity contribution in [1.29, 1.82) is 0 Å². The summed E-state index contributed by atoms with van der Waals surface area (Å²) in [6.45, 7) is 8.99. The van der Waals surface area contributed by atoms with Crippen molar-refractivity contribution in [1.82, 2.24) is 0 Å². The molecule has 1 saturated heterocycles. The largest absolute Gasteiger partial charge is 0.463 e. The summed E-state index contributed by atoms with van der Waals surface area (Å²) in [4.78, 5) is 11.4. The van der Waals surface area contributed by atoms with Gasteiger partial charge in [0.1, 0.15) is 0 Å². The van der Waals surface area contributed by atoms with Gasteiger partial charge in [-0.05, 0) is 25.3 Å². The van der Waals surface area contributed by atoms with Gasteiger partial charge in [0.25, 0.3) is 0 Å². The van der Waals surface area contributed by atoms with Crippen molar-refractivity contribution in [2.45, 2.75) is 57.5 Å². The maximum Gasteiger partial charge on any atom is 0.306 e. The Morgan fingerprint density at radius 3 is 2.46 bits per heavy atom. The lowest BCUT2D eigenvalue weighted by atomic mass is 10.1. The first-order valence-electron chi connectivity index (χ1n) is 5.09. The first-order chi connectivity index (χ1) is 5.89. The minimum atomic E-state index is -1.16. The molecule has 0 aromatic heterocycles. The summed E-state index contributed by atoms with van der Waals surface area (Å²) in [5, 5.41) is 0. The van der Waals surface area contributed by atoms with Crippen LogP contribution in [0.4, 0.5) is 0 Å². The van der Waals surface area contributed by atoms with E-state index in [1.807, 2.05) is 6.92 Å². The average Bonchev–Trinajstić information content (AvgIpc) is 2.09. The Balaban J connectivity index is 2.63. The molecule has 1 aliphatic heterocycles.